The summed E-state index contributed by atoms with van der Waals surface area (Å²) in [4.78, 5) is 29.7. The summed E-state index contributed by atoms with van der Waals surface area (Å²) in [6, 6.07) is 7.27. The molecule has 3 rings (SSSR count). The summed E-state index contributed by atoms with van der Waals surface area (Å²) in [6.07, 6.45) is 0.612. The molecule has 2 atom stereocenters. The van der Waals surface area contributed by atoms with E-state index in [2.05, 4.69) is 10.3 Å². The standard InChI is InChI=1S/C18H21N3O3S/c1-11-7-14(17(22)23)9-21(8-11)18(24)20-15-5-3-13(4-6-15)16-19-12(2)10-25-16/h3-6,10-11,14H,7-9H2,1-2H3,(H,20,24)(H,22,23). The molecule has 25 heavy (non-hydrogen) atoms. The lowest BCUT2D eigenvalue weighted by molar-refractivity contribution is -0.143. The number of nitrogens with zero attached hydrogens (tertiary/aromatic N) is 2. The number of hydrogen-bond acceptors (Lipinski definition) is 4. The first kappa shape index (κ1) is 17.4. The van der Waals surface area contributed by atoms with Crippen molar-refractivity contribution in [2.24, 2.45) is 11.8 Å². The maximum Gasteiger partial charge on any atom is 0.321 e. The first-order valence-corrected chi connectivity index (χ1v) is 9.11. The van der Waals surface area contributed by atoms with Crippen LogP contribution in [0.1, 0.15) is 19.0 Å². The normalized spacial score (nSPS) is 20.3. The topological polar surface area (TPSA) is 82.5 Å². The maximum absolute atomic E-state index is 12.5. The number of anilines is 1. The molecule has 0 aliphatic carbocycles. The number of urea groups is 1. The Labute approximate surface area is 150 Å². The quantitative estimate of drug-likeness (QED) is 0.875. The van der Waals surface area contributed by atoms with E-state index in [0.717, 1.165) is 16.3 Å². The van der Waals surface area contributed by atoms with E-state index in [-0.39, 0.29) is 18.5 Å². The second-order valence-electron chi connectivity index (χ2n) is 6.58. The molecular formula is C18H21N3O3S. The molecular weight excluding hydrogens is 338 g/mol. The van der Waals surface area contributed by atoms with Crippen LogP contribution in [0.3, 0.4) is 0 Å². The molecule has 0 radical (unpaired) electrons. The Balaban J connectivity index is 1.65. The number of aliphatic carboxylic acids is 1. The van der Waals surface area contributed by atoms with Gasteiger partial charge in [0, 0.05) is 35.4 Å². The summed E-state index contributed by atoms with van der Waals surface area (Å²) in [7, 11) is 0. The zero-order valence-electron chi connectivity index (χ0n) is 14.2. The van der Waals surface area contributed by atoms with Crippen LogP contribution >= 0.6 is 11.3 Å². The van der Waals surface area contributed by atoms with E-state index in [4.69, 9.17) is 0 Å². The predicted octanol–water partition coefficient (Wildman–Crippen LogP) is 3.69. The van der Waals surface area contributed by atoms with Gasteiger partial charge in [-0.25, -0.2) is 9.78 Å². The minimum Gasteiger partial charge on any atom is -0.481 e. The molecule has 1 aliphatic rings. The molecule has 0 spiro atoms. The number of carboxylic acid groups (broad SMARTS) is 1. The SMILES string of the molecule is Cc1csc(-c2ccc(NC(=O)N3CC(C)CC(C(=O)O)C3)cc2)n1. The molecule has 2 N–H and O–H groups in total. The van der Waals surface area contributed by atoms with Crippen LogP contribution in [-0.2, 0) is 4.79 Å². The van der Waals surface area contributed by atoms with Crippen molar-refractivity contribution < 1.29 is 14.7 Å². The van der Waals surface area contributed by atoms with Gasteiger partial charge in [-0.3, -0.25) is 4.79 Å². The van der Waals surface area contributed by atoms with Crippen LogP contribution in [0, 0.1) is 18.8 Å². The van der Waals surface area contributed by atoms with E-state index in [1.807, 2.05) is 43.5 Å². The lowest BCUT2D eigenvalue weighted by Gasteiger charge is -2.34. The Morgan fingerprint density at radius 3 is 2.60 bits per heavy atom. The van der Waals surface area contributed by atoms with Crippen molar-refractivity contribution in [1.29, 1.82) is 0 Å². The van der Waals surface area contributed by atoms with Gasteiger partial charge in [0.05, 0.1) is 5.92 Å². The highest BCUT2D eigenvalue weighted by Gasteiger charge is 2.31. The van der Waals surface area contributed by atoms with Crippen LogP contribution in [0.5, 0.6) is 0 Å². The third-order valence-corrected chi connectivity index (χ3v) is 5.31. The van der Waals surface area contributed by atoms with Gasteiger partial charge in [-0.2, -0.15) is 0 Å². The van der Waals surface area contributed by atoms with Crippen LogP contribution in [0.15, 0.2) is 29.6 Å². The summed E-state index contributed by atoms with van der Waals surface area (Å²) >= 11 is 1.59. The van der Waals surface area contributed by atoms with E-state index < -0.39 is 11.9 Å². The van der Waals surface area contributed by atoms with Crippen molar-refractivity contribution >= 4 is 29.0 Å². The van der Waals surface area contributed by atoms with Crippen LogP contribution in [-0.4, -0.2) is 40.1 Å². The third-order valence-electron chi connectivity index (χ3n) is 4.30. The van der Waals surface area contributed by atoms with E-state index in [0.29, 0.717) is 18.7 Å². The average Bonchev–Trinajstić information content (AvgIpc) is 3.01. The Bertz CT molecular complexity index is 772. The summed E-state index contributed by atoms with van der Waals surface area (Å²) in [5.74, 6) is -1.16. The van der Waals surface area contributed by atoms with Crippen LogP contribution < -0.4 is 5.32 Å². The number of aromatic nitrogens is 1. The average molecular weight is 359 g/mol. The molecule has 0 bridgehead atoms. The Kier molecular flexibility index (Phi) is 5.03. The molecule has 2 unspecified atom stereocenters. The number of rotatable bonds is 3. The molecule has 2 heterocycles. The highest BCUT2D eigenvalue weighted by atomic mass is 32.1. The molecule has 7 heteroatoms. The number of carbonyl (C=O) groups excluding carboxylic acids is 1. The zero-order chi connectivity index (χ0) is 18.0. The van der Waals surface area contributed by atoms with E-state index in [1.165, 1.54) is 0 Å². The lowest BCUT2D eigenvalue weighted by Crippen LogP contribution is -2.47. The highest BCUT2D eigenvalue weighted by molar-refractivity contribution is 7.13. The van der Waals surface area contributed by atoms with Gasteiger partial charge in [0.2, 0.25) is 0 Å². The van der Waals surface area contributed by atoms with Crippen molar-refractivity contribution in [1.82, 2.24) is 9.88 Å². The molecule has 2 aromatic rings. The number of likely N-dealkylation sites (tertiary alicyclic amines) is 1. The molecule has 1 fully saturated rings. The van der Waals surface area contributed by atoms with E-state index >= 15 is 0 Å². The van der Waals surface area contributed by atoms with Crippen molar-refractivity contribution in [3.05, 3.63) is 35.3 Å². The van der Waals surface area contributed by atoms with Gasteiger partial charge in [-0.1, -0.05) is 6.92 Å². The van der Waals surface area contributed by atoms with Crippen LogP contribution in [0.2, 0.25) is 0 Å². The second kappa shape index (κ2) is 7.23. The predicted molar refractivity (Wildman–Crippen MR) is 97.8 cm³/mol. The summed E-state index contributed by atoms with van der Waals surface area (Å²) < 4.78 is 0. The number of hydrogen-bond donors (Lipinski definition) is 2. The number of benzene rings is 1. The minimum atomic E-state index is -0.840. The van der Waals surface area contributed by atoms with Gasteiger partial charge in [-0.15, -0.1) is 11.3 Å². The highest BCUT2D eigenvalue weighted by Crippen LogP contribution is 2.26. The maximum atomic E-state index is 12.5. The third kappa shape index (κ3) is 4.17. The fourth-order valence-electron chi connectivity index (χ4n) is 3.08. The number of nitrogens with one attached hydrogen (secondary N) is 1. The Morgan fingerprint density at radius 1 is 1.28 bits per heavy atom. The number of piperidine rings is 1. The van der Waals surface area contributed by atoms with E-state index in [1.54, 1.807) is 16.2 Å². The molecule has 132 valence electrons. The van der Waals surface area contributed by atoms with Crippen molar-refractivity contribution in [3.63, 3.8) is 0 Å². The van der Waals surface area contributed by atoms with Gasteiger partial charge in [0.25, 0.3) is 0 Å². The van der Waals surface area contributed by atoms with Gasteiger partial charge in [0.15, 0.2) is 0 Å². The van der Waals surface area contributed by atoms with Gasteiger partial charge < -0.3 is 15.3 Å². The van der Waals surface area contributed by atoms with Crippen molar-refractivity contribution in [2.45, 2.75) is 20.3 Å². The summed E-state index contributed by atoms with van der Waals surface area (Å²) in [5, 5.41) is 15.0. The molecule has 2 amide bonds. The number of carbonyl (C=O) groups is 2. The summed E-state index contributed by atoms with van der Waals surface area (Å²) in [6.45, 7) is 4.76. The van der Waals surface area contributed by atoms with E-state index in [9.17, 15) is 14.7 Å². The first-order chi connectivity index (χ1) is 11.9. The number of thiazole rings is 1. The minimum absolute atomic E-state index is 0.177. The first-order valence-electron chi connectivity index (χ1n) is 8.23. The molecule has 0 saturated carbocycles. The largest absolute Gasteiger partial charge is 0.481 e. The smallest absolute Gasteiger partial charge is 0.321 e. The van der Waals surface area contributed by atoms with Crippen LogP contribution in [0.25, 0.3) is 10.6 Å². The molecule has 1 aromatic heterocycles. The van der Waals surface area contributed by atoms with Crippen LogP contribution in [0.4, 0.5) is 10.5 Å². The number of aryl methyl sites for hydroxylation is 1. The van der Waals surface area contributed by atoms with Gasteiger partial charge >= 0.3 is 12.0 Å². The zero-order valence-corrected chi connectivity index (χ0v) is 15.0. The molecule has 6 nitrogen and oxygen atoms in total. The Hall–Kier alpha value is -2.41. The lowest BCUT2D eigenvalue weighted by atomic mass is 9.91. The molecule has 1 aliphatic heterocycles. The summed E-state index contributed by atoms with van der Waals surface area (Å²) in [5.41, 5.74) is 2.69. The van der Waals surface area contributed by atoms with Crippen molar-refractivity contribution in [2.75, 3.05) is 18.4 Å². The Morgan fingerprint density at radius 2 is 2.00 bits per heavy atom. The molecule has 1 saturated heterocycles. The number of carboxylic acids is 1. The molecule has 1 aromatic carbocycles. The van der Waals surface area contributed by atoms with Crippen molar-refractivity contribution in [3.8, 4) is 10.6 Å². The van der Waals surface area contributed by atoms with Gasteiger partial charge in [-0.05, 0) is 43.5 Å². The number of amides is 2. The van der Waals surface area contributed by atoms with Gasteiger partial charge in [0.1, 0.15) is 5.01 Å². The fourth-order valence-corrected chi connectivity index (χ4v) is 3.89. The fraction of sp³-hybridized carbons (Fsp3) is 0.389. The second-order valence-corrected chi connectivity index (χ2v) is 7.44. The monoisotopic (exact) mass is 359 g/mol.